The number of carbonyl (C=O) groups is 7. The Balaban J connectivity index is 0.000000487. The van der Waals surface area contributed by atoms with Crippen molar-refractivity contribution in [2.24, 2.45) is 11.8 Å². The van der Waals surface area contributed by atoms with Crippen molar-refractivity contribution in [1.29, 1.82) is 0 Å². The Bertz CT molecular complexity index is 2430. The number of nitrogens with one attached hydrogen (secondary N) is 4. The Morgan fingerprint density at radius 3 is 1.26 bits per heavy atom. The van der Waals surface area contributed by atoms with Gasteiger partial charge in [-0.05, 0) is 189 Å². The smallest absolute Gasteiger partial charge is 0.319 e. The number of ketones is 4. The number of piperidine rings is 2. The second-order valence-electron chi connectivity index (χ2n) is 19.0. The molecule has 6 rings (SSSR count). The number of amides is 5. The summed E-state index contributed by atoms with van der Waals surface area (Å²) in [5.41, 5.74) is 4.57. The maximum Gasteiger partial charge on any atom is 0.319 e. The molecule has 0 radical (unpaired) electrons. The van der Waals surface area contributed by atoms with E-state index in [1.807, 2.05) is 29.2 Å². The molecule has 0 unspecified atom stereocenters. The first-order valence-electron chi connectivity index (χ1n) is 24.8. The number of benzene rings is 4. The van der Waals surface area contributed by atoms with Crippen molar-refractivity contribution in [3.63, 3.8) is 0 Å². The van der Waals surface area contributed by atoms with Crippen LogP contribution in [0.25, 0.3) is 0 Å². The molecule has 74 heavy (non-hydrogen) atoms. The molecule has 2 heterocycles. The average molecular weight is 1030 g/mol. The predicted molar refractivity (Wildman–Crippen MR) is 293 cm³/mol. The Morgan fingerprint density at radius 2 is 0.892 bits per heavy atom. The van der Waals surface area contributed by atoms with E-state index in [1.165, 1.54) is 63.6 Å². The molecule has 13 nitrogen and oxygen atoms in total. The summed E-state index contributed by atoms with van der Waals surface area (Å²) in [5, 5.41) is 11.1. The Labute approximate surface area is 439 Å². The second-order valence-corrected chi connectivity index (χ2v) is 19.0. The van der Waals surface area contributed by atoms with Crippen LogP contribution in [0.15, 0.2) is 84.9 Å². The normalized spacial score (nSPS) is 17.1. The number of Topliss-reactive ketones (excluding diaryl/α,β-unsaturated/α-hetero) is 4. The monoisotopic (exact) mass is 1020 g/mol. The van der Waals surface area contributed by atoms with Crippen molar-refractivity contribution in [3.05, 3.63) is 130 Å². The van der Waals surface area contributed by atoms with Crippen molar-refractivity contribution in [1.82, 2.24) is 20.4 Å². The highest BCUT2D eigenvalue weighted by atomic mass is 19.1. The topological polar surface area (TPSA) is 174 Å². The molecule has 0 spiro atoms. The largest absolute Gasteiger partial charge is 0.340 e. The van der Waals surface area contributed by atoms with Gasteiger partial charge in [-0.3, -0.25) is 24.0 Å². The van der Waals surface area contributed by atoms with Gasteiger partial charge < -0.3 is 31.1 Å². The predicted octanol–water partition coefficient (Wildman–Crippen LogP) is 12.4. The molecule has 4 aromatic carbocycles. The maximum atomic E-state index is 13.2. The van der Waals surface area contributed by atoms with Crippen LogP contribution in [0.5, 0.6) is 0 Å². The van der Waals surface area contributed by atoms with E-state index in [0.717, 1.165) is 76.4 Å². The highest BCUT2D eigenvalue weighted by Crippen LogP contribution is 2.30. The van der Waals surface area contributed by atoms with Gasteiger partial charge in [-0.25, -0.2) is 18.4 Å². The molecule has 2 aliphatic heterocycles. The first-order chi connectivity index (χ1) is 33.9. The van der Waals surface area contributed by atoms with Crippen molar-refractivity contribution in [2.45, 2.75) is 140 Å². The molecule has 4 N–H and O–H groups in total. The SMILES string of the molecule is C.C.C.CC(=O)c1cc(NC(=O)NCCC[C@H]2C[C@H](Cc3ccc(F)cc3)CCN2C(C)=O)cc(C(C)=O)c1.CCN1CC[C@@H](Cc2ccc(F)cc2)C[C@@H]1CCCNC(=O)Nc1cc(C(C)=O)cc(C(C)=O)c1. The number of hydrogen-bond donors (Lipinski definition) is 4. The standard InChI is InChI=1S/C28H34FN3O4.C28H36FN3O3.3CH4/c1-18(33)23-15-24(19(2)34)17-26(16-23)31-28(36)30-11-4-5-27-14-22(10-12-32(27)20(3)35)13-21-6-8-25(29)9-7-21;1-4-32-13-11-22(14-21-7-9-25(29)10-8-21)15-27(32)6-5-12-30-28(35)31-26-17-23(19(2)33)16-24(18-26)20(3)34;;;/h6-9,15-17,22,27H,4-5,10-14H2,1-3H3,(H2,30,31,36);7-10,16-18,22,27H,4-6,11-15H2,1-3H3,(H2,30,31,35);3*1H4/t2*22-,27-;;;/m00.../s1. The van der Waals surface area contributed by atoms with Crippen LogP contribution in [0.2, 0.25) is 0 Å². The summed E-state index contributed by atoms with van der Waals surface area (Å²) >= 11 is 0. The van der Waals surface area contributed by atoms with Crippen LogP contribution in [0.1, 0.15) is 168 Å². The number of anilines is 2. The Morgan fingerprint density at radius 1 is 0.527 bits per heavy atom. The van der Waals surface area contributed by atoms with E-state index in [4.69, 9.17) is 0 Å². The van der Waals surface area contributed by atoms with Crippen molar-refractivity contribution in [2.75, 3.05) is 43.4 Å². The van der Waals surface area contributed by atoms with Crippen LogP contribution < -0.4 is 21.3 Å². The van der Waals surface area contributed by atoms with Gasteiger partial charge in [0.25, 0.3) is 0 Å². The van der Waals surface area contributed by atoms with Crippen molar-refractivity contribution in [3.8, 4) is 0 Å². The molecule has 2 fully saturated rings. The van der Waals surface area contributed by atoms with Gasteiger partial charge >= 0.3 is 12.1 Å². The van der Waals surface area contributed by atoms with Gasteiger partial charge in [-0.1, -0.05) is 53.5 Å². The average Bonchev–Trinajstić information content (AvgIpc) is 3.33. The first-order valence-corrected chi connectivity index (χ1v) is 24.8. The fraction of sp³-hybridized carbons (Fsp3) is 0.475. The van der Waals surface area contributed by atoms with Gasteiger partial charge in [0.05, 0.1) is 0 Å². The Hall–Kier alpha value is -6.61. The zero-order chi connectivity index (χ0) is 51.6. The van der Waals surface area contributed by atoms with Gasteiger partial charge in [0, 0.05) is 72.3 Å². The Kier molecular flexibility index (Phi) is 26.8. The van der Waals surface area contributed by atoms with Crippen molar-refractivity contribution >= 4 is 52.5 Å². The number of nitrogens with zero attached hydrogens (tertiary/aromatic N) is 2. The summed E-state index contributed by atoms with van der Waals surface area (Å²) in [6.07, 6.45) is 9.14. The fourth-order valence-electron chi connectivity index (χ4n) is 9.64. The van der Waals surface area contributed by atoms with Gasteiger partial charge in [0.2, 0.25) is 5.91 Å². The first kappa shape index (κ1) is 63.5. The van der Waals surface area contributed by atoms with E-state index < -0.39 is 6.03 Å². The summed E-state index contributed by atoms with van der Waals surface area (Å²) in [5.74, 6) is -0.115. The zero-order valence-corrected chi connectivity index (χ0v) is 42.0. The molecule has 4 atom stereocenters. The number of halogens is 2. The summed E-state index contributed by atoms with van der Waals surface area (Å²) in [6, 6.07) is 22.5. The lowest BCUT2D eigenvalue weighted by atomic mass is 9.84. The third-order valence-electron chi connectivity index (χ3n) is 13.5. The molecule has 0 aromatic heterocycles. The number of urea groups is 2. The number of likely N-dealkylation sites (tertiary alicyclic amines) is 2. The molecule has 0 saturated carbocycles. The number of hydrogen-bond acceptors (Lipinski definition) is 8. The van der Waals surface area contributed by atoms with Crippen LogP contribution in [0.3, 0.4) is 0 Å². The number of rotatable bonds is 19. The summed E-state index contributed by atoms with van der Waals surface area (Å²) in [6.45, 7) is 13.2. The van der Waals surface area contributed by atoms with Crippen LogP contribution in [0.4, 0.5) is 29.7 Å². The number of carbonyl (C=O) groups excluding carboxylic acids is 7. The molecule has 15 heteroatoms. The minimum atomic E-state index is -0.425. The fourth-order valence-corrected chi connectivity index (χ4v) is 9.64. The lowest BCUT2D eigenvalue weighted by Crippen LogP contribution is -2.45. The lowest BCUT2D eigenvalue weighted by molar-refractivity contribution is -0.133. The third-order valence-corrected chi connectivity index (χ3v) is 13.5. The van der Waals surface area contributed by atoms with Gasteiger partial charge in [-0.15, -0.1) is 0 Å². The maximum absolute atomic E-state index is 13.2. The van der Waals surface area contributed by atoms with Crippen LogP contribution in [0, 0.1) is 23.5 Å². The van der Waals surface area contributed by atoms with Crippen LogP contribution >= 0.6 is 0 Å². The molecule has 5 amide bonds. The third kappa shape index (κ3) is 20.4. The molecule has 0 bridgehead atoms. The van der Waals surface area contributed by atoms with Crippen molar-refractivity contribution < 1.29 is 42.3 Å². The van der Waals surface area contributed by atoms with E-state index in [-0.39, 0.29) is 75.0 Å². The molecule has 2 aliphatic rings. The van der Waals surface area contributed by atoms with Gasteiger partial charge in [0.1, 0.15) is 11.6 Å². The van der Waals surface area contributed by atoms with E-state index >= 15 is 0 Å². The summed E-state index contributed by atoms with van der Waals surface area (Å²) in [7, 11) is 0. The van der Waals surface area contributed by atoms with E-state index in [9.17, 15) is 42.3 Å². The molecular weight excluding hydrogens is 943 g/mol. The molecule has 4 aromatic rings. The minimum absolute atomic E-state index is 0. The molecular formula is C59H82F2N6O7. The summed E-state index contributed by atoms with van der Waals surface area (Å²) in [4.78, 5) is 88.4. The zero-order valence-electron chi connectivity index (χ0n) is 42.0. The quantitative estimate of drug-likeness (QED) is 0.0530. The minimum Gasteiger partial charge on any atom is -0.340 e. The van der Waals surface area contributed by atoms with Gasteiger partial charge in [-0.2, -0.15) is 0 Å². The molecule has 404 valence electrons. The summed E-state index contributed by atoms with van der Waals surface area (Å²) < 4.78 is 26.4. The van der Waals surface area contributed by atoms with Crippen LogP contribution in [-0.4, -0.2) is 95.7 Å². The lowest BCUT2D eigenvalue weighted by Gasteiger charge is -2.39. The highest BCUT2D eigenvalue weighted by molar-refractivity contribution is 6.03. The molecule has 2 saturated heterocycles. The highest BCUT2D eigenvalue weighted by Gasteiger charge is 2.30. The van der Waals surface area contributed by atoms with E-state index in [2.05, 4.69) is 33.1 Å². The van der Waals surface area contributed by atoms with Gasteiger partial charge in [0.15, 0.2) is 23.1 Å². The van der Waals surface area contributed by atoms with Crippen LogP contribution in [-0.2, 0) is 17.6 Å². The second kappa shape index (κ2) is 31.2. The van der Waals surface area contributed by atoms with E-state index in [0.29, 0.717) is 77.6 Å². The van der Waals surface area contributed by atoms with E-state index in [1.54, 1.807) is 37.3 Å². The molecule has 0 aliphatic carbocycles.